The highest BCUT2D eigenvalue weighted by Gasteiger charge is 2.14. The van der Waals surface area contributed by atoms with Crippen LogP contribution in [0.5, 0.6) is 0 Å². The maximum atomic E-state index is 12.3. The van der Waals surface area contributed by atoms with Crippen molar-refractivity contribution in [3.05, 3.63) is 34.9 Å². The van der Waals surface area contributed by atoms with Crippen molar-refractivity contribution in [1.29, 1.82) is 0 Å². The summed E-state index contributed by atoms with van der Waals surface area (Å²) in [7, 11) is -2.72. The van der Waals surface area contributed by atoms with Crippen LogP contribution in [0.25, 0.3) is 0 Å². The summed E-state index contributed by atoms with van der Waals surface area (Å²) in [6.07, 6.45) is 0. The first-order valence-electron chi connectivity index (χ1n) is 5.10. The molecule has 0 bridgehead atoms. The van der Waals surface area contributed by atoms with Crippen LogP contribution < -0.4 is 0 Å². The molecule has 1 atom stereocenters. The molecule has 0 aliphatic heterocycles. The SMILES string of the molecule is CCN=S(=O)(CC(=O)O)Cc1ccc(Cl)cc1. The van der Waals surface area contributed by atoms with Crippen LogP contribution in [0.2, 0.25) is 5.02 Å². The molecule has 17 heavy (non-hydrogen) atoms. The Bertz CT molecular complexity index is 504. The number of aliphatic carboxylic acids is 1. The summed E-state index contributed by atoms with van der Waals surface area (Å²) in [6.45, 7) is 2.09. The van der Waals surface area contributed by atoms with Crippen LogP contribution in [-0.2, 0) is 20.3 Å². The number of carboxylic acids is 1. The molecule has 1 rings (SSSR count). The summed E-state index contributed by atoms with van der Waals surface area (Å²) in [5.74, 6) is -1.38. The predicted molar refractivity (Wildman–Crippen MR) is 68.8 cm³/mol. The maximum Gasteiger partial charge on any atom is 0.317 e. The molecule has 94 valence electrons. The van der Waals surface area contributed by atoms with E-state index < -0.39 is 21.5 Å². The molecule has 0 amide bonds. The van der Waals surface area contributed by atoms with Crippen molar-refractivity contribution in [3.63, 3.8) is 0 Å². The van der Waals surface area contributed by atoms with Gasteiger partial charge in [-0.05, 0) is 24.6 Å². The van der Waals surface area contributed by atoms with Gasteiger partial charge in [-0.15, -0.1) is 0 Å². The fourth-order valence-electron chi connectivity index (χ4n) is 1.41. The summed E-state index contributed by atoms with van der Waals surface area (Å²) in [6, 6.07) is 6.83. The number of halogens is 1. The van der Waals surface area contributed by atoms with E-state index in [0.29, 0.717) is 11.6 Å². The van der Waals surface area contributed by atoms with Crippen LogP contribution in [0.4, 0.5) is 0 Å². The van der Waals surface area contributed by atoms with Crippen LogP contribution in [0.15, 0.2) is 28.6 Å². The first-order valence-corrected chi connectivity index (χ1v) is 7.33. The number of benzene rings is 1. The van der Waals surface area contributed by atoms with Gasteiger partial charge in [-0.2, -0.15) is 0 Å². The van der Waals surface area contributed by atoms with Gasteiger partial charge >= 0.3 is 5.97 Å². The van der Waals surface area contributed by atoms with E-state index in [9.17, 15) is 9.00 Å². The van der Waals surface area contributed by atoms with Crippen LogP contribution in [0.3, 0.4) is 0 Å². The summed E-state index contributed by atoms with van der Waals surface area (Å²) < 4.78 is 16.2. The fraction of sp³-hybridized carbons (Fsp3) is 0.364. The molecule has 6 heteroatoms. The third-order valence-corrected chi connectivity index (χ3v) is 4.48. The smallest absolute Gasteiger partial charge is 0.317 e. The zero-order chi connectivity index (χ0) is 12.9. The maximum absolute atomic E-state index is 12.3. The summed E-state index contributed by atoms with van der Waals surface area (Å²) in [5, 5.41) is 9.33. The lowest BCUT2D eigenvalue weighted by Gasteiger charge is -2.07. The lowest BCUT2D eigenvalue weighted by atomic mass is 10.2. The summed E-state index contributed by atoms with van der Waals surface area (Å²) >= 11 is 5.74. The molecule has 0 aromatic heterocycles. The van der Waals surface area contributed by atoms with Gasteiger partial charge in [-0.25, -0.2) is 8.57 Å². The van der Waals surface area contributed by atoms with Gasteiger partial charge in [-0.1, -0.05) is 23.7 Å². The quantitative estimate of drug-likeness (QED) is 0.897. The number of hydrogen-bond donors (Lipinski definition) is 1. The highest BCUT2D eigenvalue weighted by atomic mass is 35.5. The Balaban J connectivity index is 2.95. The largest absolute Gasteiger partial charge is 0.481 e. The Hall–Kier alpha value is -1.07. The molecule has 0 saturated carbocycles. The Morgan fingerprint density at radius 3 is 2.47 bits per heavy atom. The van der Waals surface area contributed by atoms with E-state index in [0.717, 1.165) is 5.56 Å². The molecule has 0 aliphatic rings. The molecule has 1 aromatic rings. The second-order valence-electron chi connectivity index (χ2n) is 3.53. The molecule has 0 heterocycles. The van der Waals surface area contributed by atoms with E-state index in [-0.39, 0.29) is 5.75 Å². The standard InChI is InChI=1S/C11H14ClNO3S/c1-2-13-17(16,8-11(14)15)7-9-3-5-10(12)6-4-9/h3-6H,2,7-8H2,1H3,(H,14,15). The van der Waals surface area contributed by atoms with E-state index in [1.807, 2.05) is 0 Å². The topological polar surface area (TPSA) is 66.7 Å². The molecule has 4 nitrogen and oxygen atoms in total. The first kappa shape index (κ1) is 14.0. The second-order valence-corrected chi connectivity index (χ2v) is 6.34. The van der Waals surface area contributed by atoms with Crippen LogP contribution in [0, 0.1) is 0 Å². The van der Waals surface area contributed by atoms with Crippen molar-refractivity contribution in [2.75, 3.05) is 12.3 Å². The number of nitrogens with zero attached hydrogens (tertiary/aromatic N) is 1. The number of carbonyl (C=O) groups is 1. The average molecular weight is 276 g/mol. The zero-order valence-electron chi connectivity index (χ0n) is 9.43. The van der Waals surface area contributed by atoms with E-state index in [4.69, 9.17) is 16.7 Å². The van der Waals surface area contributed by atoms with Gasteiger partial charge in [0.1, 0.15) is 5.75 Å². The third kappa shape index (κ3) is 4.75. The van der Waals surface area contributed by atoms with Gasteiger partial charge in [0.25, 0.3) is 0 Å². The second kappa shape index (κ2) is 6.02. The number of hydrogen-bond acceptors (Lipinski definition) is 3. The van der Waals surface area contributed by atoms with Crippen molar-refractivity contribution in [1.82, 2.24) is 0 Å². The Morgan fingerprint density at radius 2 is 2.00 bits per heavy atom. The number of rotatable bonds is 5. The average Bonchev–Trinajstić information content (AvgIpc) is 2.20. The van der Waals surface area contributed by atoms with Crippen molar-refractivity contribution >= 4 is 27.3 Å². The molecular formula is C11H14ClNO3S. The van der Waals surface area contributed by atoms with Crippen LogP contribution in [-0.4, -0.2) is 27.6 Å². The number of carboxylic acid groups (broad SMARTS) is 1. The predicted octanol–water partition coefficient (Wildman–Crippen LogP) is 2.41. The zero-order valence-corrected chi connectivity index (χ0v) is 11.0. The molecule has 0 radical (unpaired) electrons. The van der Waals surface area contributed by atoms with Crippen LogP contribution >= 0.6 is 11.6 Å². The molecule has 1 aromatic carbocycles. The Labute approximate surface area is 106 Å². The summed E-state index contributed by atoms with van der Waals surface area (Å²) in [4.78, 5) is 10.7. The molecule has 0 spiro atoms. The van der Waals surface area contributed by atoms with Crippen molar-refractivity contribution in [3.8, 4) is 0 Å². The van der Waals surface area contributed by atoms with Crippen LogP contribution in [0.1, 0.15) is 12.5 Å². The van der Waals surface area contributed by atoms with Gasteiger partial charge < -0.3 is 5.11 Å². The van der Waals surface area contributed by atoms with E-state index in [1.54, 1.807) is 31.2 Å². The van der Waals surface area contributed by atoms with E-state index in [2.05, 4.69) is 4.36 Å². The van der Waals surface area contributed by atoms with Gasteiger partial charge in [0.05, 0.1) is 15.5 Å². The molecule has 0 saturated heterocycles. The van der Waals surface area contributed by atoms with Crippen molar-refractivity contribution in [2.24, 2.45) is 4.36 Å². The van der Waals surface area contributed by atoms with Gasteiger partial charge in [0, 0.05) is 11.6 Å². The summed E-state index contributed by atoms with van der Waals surface area (Å²) in [5.41, 5.74) is 0.776. The Morgan fingerprint density at radius 1 is 1.41 bits per heavy atom. The molecule has 0 fully saturated rings. The third-order valence-electron chi connectivity index (χ3n) is 2.02. The van der Waals surface area contributed by atoms with Gasteiger partial charge in [-0.3, -0.25) is 4.79 Å². The minimum absolute atomic E-state index is 0.143. The van der Waals surface area contributed by atoms with E-state index in [1.165, 1.54) is 0 Å². The molecule has 0 aliphatic carbocycles. The van der Waals surface area contributed by atoms with Crippen molar-refractivity contribution < 1.29 is 14.1 Å². The van der Waals surface area contributed by atoms with Crippen molar-refractivity contribution in [2.45, 2.75) is 12.7 Å². The Kier molecular flexibility index (Phi) is 4.96. The lowest BCUT2D eigenvalue weighted by Crippen LogP contribution is -2.17. The first-order chi connectivity index (χ1) is 7.95. The molecule has 1 N–H and O–H groups in total. The fourth-order valence-corrected chi connectivity index (χ4v) is 3.39. The normalized spacial score (nSPS) is 14.0. The minimum atomic E-state index is -2.72. The van der Waals surface area contributed by atoms with Gasteiger partial charge in [0.15, 0.2) is 0 Å². The van der Waals surface area contributed by atoms with E-state index >= 15 is 0 Å². The molecule has 1 unspecified atom stereocenters. The highest BCUT2D eigenvalue weighted by molar-refractivity contribution is 7.93. The molecular weight excluding hydrogens is 262 g/mol. The lowest BCUT2D eigenvalue weighted by molar-refractivity contribution is -0.134. The highest BCUT2D eigenvalue weighted by Crippen LogP contribution is 2.13. The monoisotopic (exact) mass is 275 g/mol. The minimum Gasteiger partial charge on any atom is -0.481 e. The van der Waals surface area contributed by atoms with Gasteiger partial charge in [0.2, 0.25) is 0 Å².